The number of nitro groups is 1. The number of sulfonamides is 1. The fourth-order valence-electron chi connectivity index (χ4n) is 4.23. The van der Waals surface area contributed by atoms with Crippen LogP contribution in [-0.2, 0) is 32.6 Å². The zero-order valence-corrected chi connectivity index (χ0v) is 35.0. The minimum absolute atomic E-state index is 0.0412. The van der Waals surface area contributed by atoms with Gasteiger partial charge in [-0.3, -0.25) is 29.5 Å². The van der Waals surface area contributed by atoms with E-state index in [1.54, 1.807) is 4.72 Å². The number of hydrogen-bond donors (Lipinski definition) is 7. The van der Waals surface area contributed by atoms with Gasteiger partial charge >= 0.3 is 30.1 Å². The van der Waals surface area contributed by atoms with Crippen molar-refractivity contribution in [3.8, 4) is 23.3 Å². The predicted molar refractivity (Wildman–Crippen MR) is 207 cm³/mol. The van der Waals surface area contributed by atoms with Gasteiger partial charge in [0.15, 0.2) is 17.5 Å². The molecule has 62 heavy (non-hydrogen) atoms. The number of nitrogens with two attached hydrogens (primary N) is 1. The number of nitrogens with one attached hydrogen (secondary N) is 2. The van der Waals surface area contributed by atoms with Gasteiger partial charge in [-0.2, -0.15) is 36.7 Å². The summed E-state index contributed by atoms with van der Waals surface area (Å²) < 4.78 is 90.5. The Bertz CT molecular complexity index is 2490. The highest BCUT2D eigenvalue weighted by Gasteiger charge is 2.33. The normalized spacial score (nSPS) is 12.4. The first-order chi connectivity index (χ1) is 28.5. The number of carbonyl (C=O) groups is 4. The number of carbonyl (C=O) groups excluding carboxylic acids is 1. The van der Waals surface area contributed by atoms with Crippen molar-refractivity contribution in [2.24, 2.45) is 12.8 Å². The molecule has 2 aromatic heterocycles. The summed E-state index contributed by atoms with van der Waals surface area (Å²) in [6.45, 7) is 1.18. The third-order valence-corrected chi connectivity index (χ3v) is 10.1. The molecule has 0 fully saturated rings. The summed E-state index contributed by atoms with van der Waals surface area (Å²) in [5.74, 6) is -4.83. The topological polar surface area (TPSA) is 365 Å². The highest BCUT2D eigenvalue weighted by molar-refractivity contribution is 7.90. The summed E-state index contributed by atoms with van der Waals surface area (Å²) in [7, 11) is -3.96. The van der Waals surface area contributed by atoms with Crippen molar-refractivity contribution in [3.63, 3.8) is 0 Å². The van der Waals surface area contributed by atoms with Crippen molar-refractivity contribution in [1.29, 1.82) is 0 Å². The zero-order chi connectivity index (χ0) is 47.5. The van der Waals surface area contributed by atoms with Crippen LogP contribution in [0.5, 0.6) is 23.3 Å². The second kappa shape index (κ2) is 21.5. The van der Waals surface area contributed by atoms with Gasteiger partial charge in [0.05, 0.1) is 35.8 Å². The van der Waals surface area contributed by atoms with E-state index in [2.05, 4.69) is 20.4 Å². The van der Waals surface area contributed by atoms with Crippen molar-refractivity contribution in [1.82, 2.24) is 24.5 Å². The molecule has 8 N–H and O–H groups in total. The van der Waals surface area contributed by atoms with Crippen LogP contribution in [0.25, 0.3) is 0 Å². The molecular formula is C31H32Cl2F3N8O16PS. The number of methoxy groups -OCH3 is 2. The second-order valence-corrected chi connectivity index (χ2v) is 16.6. The first-order valence-corrected chi connectivity index (χ1v) is 20.6. The minimum Gasteiger partial charge on any atom is -0.481 e. The van der Waals surface area contributed by atoms with Crippen LogP contribution in [0.2, 0.25) is 10.2 Å². The van der Waals surface area contributed by atoms with Crippen molar-refractivity contribution < 1.29 is 84.7 Å². The number of carboxylic acids is 3. The standard InChI is InChI=1S/C14H7ClF3NO5.C12H13ClN6O7S.C5H12NO4P/c15-10-5-7(14(16,17)18)1-4-12(10)24-8-2-3-11(19(22)23)9(6-8)13(20)21;1-19-9(7(10(20)21)8(13)17-19)27(23,24)18-12(22)16-11-14-5(25-2)4-6(15-11)26-3;1-11(9,10)3-2-4(6)5(7)8/h1-6H,(H,20,21);4H,1-3H3,(H,20,21)(H2,14,15,16,18,22);4H,2-3,6H2,1H3,(H,7,8)(H,9,10). The quantitative estimate of drug-likeness (QED) is 0.0518. The van der Waals surface area contributed by atoms with Crippen molar-refractivity contribution in [2.75, 3.05) is 32.4 Å². The van der Waals surface area contributed by atoms with Crippen LogP contribution in [0, 0.1) is 10.1 Å². The highest BCUT2D eigenvalue weighted by atomic mass is 35.5. The number of aromatic nitrogens is 4. The van der Waals surface area contributed by atoms with E-state index in [0.29, 0.717) is 10.7 Å². The molecule has 4 aromatic rings. The maximum Gasteiger partial charge on any atom is 0.416 e. The first-order valence-electron chi connectivity index (χ1n) is 16.1. The van der Waals surface area contributed by atoms with Crippen LogP contribution in [0.15, 0.2) is 47.5 Å². The number of aromatic carboxylic acids is 2. The number of anilines is 1. The van der Waals surface area contributed by atoms with Crippen LogP contribution in [0.4, 0.5) is 29.6 Å². The molecule has 4 rings (SSSR count). The molecule has 0 radical (unpaired) electrons. The van der Waals surface area contributed by atoms with Crippen LogP contribution in [0.1, 0.15) is 32.7 Å². The number of amides is 2. The van der Waals surface area contributed by atoms with Crippen molar-refractivity contribution in [3.05, 3.63) is 79.4 Å². The van der Waals surface area contributed by atoms with Gasteiger partial charge in [0.2, 0.25) is 17.7 Å². The van der Waals surface area contributed by atoms with Crippen molar-refractivity contribution >= 4 is 76.2 Å². The SMILES string of the molecule is COc1cc(OC)nc(NC(=O)NS(=O)(=O)c2c(C(=O)O)c(Cl)nn2C)n1.CP(=O)(O)CCC(N)C(=O)O.O=C(O)c1cc(Oc2ccc(C(F)(F)F)cc2Cl)ccc1[N+](=O)[O-]. The molecule has 0 aliphatic carbocycles. The van der Waals surface area contributed by atoms with Gasteiger partial charge in [0.1, 0.15) is 28.7 Å². The second-order valence-electron chi connectivity index (χ2n) is 11.7. The minimum atomic E-state index is -4.64. The number of carboxylic acid groups (broad SMARTS) is 3. The first kappa shape index (κ1) is 51.8. The maximum absolute atomic E-state index is 12.6. The molecule has 24 nitrogen and oxygen atoms in total. The van der Waals surface area contributed by atoms with Crippen LogP contribution in [-0.4, -0.2) is 110 Å². The molecule has 2 amide bonds. The molecule has 2 unspecified atom stereocenters. The molecule has 0 aliphatic rings. The maximum atomic E-state index is 12.6. The summed E-state index contributed by atoms with van der Waals surface area (Å²) in [5.41, 5.74) is 2.07. The number of halogens is 5. The molecular weight excluding hydrogens is 931 g/mol. The molecule has 2 aromatic carbocycles. The smallest absolute Gasteiger partial charge is 0.416 e. The lowest BCUT2D eigenvalue weighted by atomic mass is 10.1. The number of aryl methyl sites for hydroxylation is 1. The average Bonchev–Trinajstić information content (AvgIpc) is 3.48. The molecule has 0 bridgehead atoms. The van der Waals surface area contributed by atoms with Gasteiger partial charge < -0.3 is 40.2 Å². The molecule has 0 saturated carbocycles. The molecule has 31 heteroatoms. The molecule has 2 heterocycles. The van der Waals surface area contributed by atoms with E-state index in [1.807, 2.05) is 0 Å². The predicted octanol–water partition coefficient (Wildman–Crippen LogP) is 4.54. The largest absolute Gasteiger partial charge is 0.481 e. The number of aliphatic carboxylic acids is 1. The summed E-state index contributed by atoms with van der Waals surface area (Å²) in [5, 5.41) is 41.0. The van der Waals surface area contributed by atoms with E-state index in [0.717, 1.165) is 37.4 Å². The number of hydrogen-bond acceptors (Lipinski definition) is 16. The molecule has 0 spiro atoms. The molecule has 0 saturated heterocycles. The van der Waals surface area contributed by atoms with Gasteiger partial charge in [0.25, 0.3) is 15.7 Å². The average molecular weight is 964 g/mol. The van der Waals surface area contributed by atoms with E-state index in [9.17, 15) is 55.4 Å². The Kier molecular flexibility index (Phi) is 17.9. The Labute approximate surface area is 356 Å². The van der Waals surface area contributed by atoms with Gasteiger partial charge in [0, 0.05) is 32.0 Å². The Morgan fingerprint density at radius 1 is 1.02 bits per heavy atom. The number of nitro benzene ring substituents is 1. The number of ether oxygens (including phenoxy) is 3. The van der Waals surface area contributed by atoms with E-state index in [-0.39, 0.29) is 46.8 Å². The van der Waals surface area contributed by atoms with Crippen LogP contribution < -0.4 is 30.0 Å². The third-order valence-electron chi connectivity index (χ3n) is 7.02. The zero-order valence-electron chi connectivity index (χ0n) is 31.8. The van der Waals surface area contributed by atoms with Gasteiger partial charge in [-0.1, -0.05) is 23.2 Å². The monoisotopic (exact) mass is 962 g/mol. The summed E-state index contributed by atoms with van der Waals surface area (Å²) in [4.78, 5) is 70.7. The molecule has 2 atom stereocenters. The molecule has 0 aliphatic heterocycles. The summed E-state index contributed by atoms with van der Waals surface area (Å²) >= 11 is 11.4. The number of rotatable bonds is 14. The van der Waals surface area contributed by atoms with Gasteiger partial charge in [-0.25, -0.2) is 19.1 Å². The van der Waals surface area contributed by atoms with Gasteiger partial charge in [-0.05, 0) is 30.7 Å². The lowest BCUT2D eigenvalue weighted by molar-refractivity contribution is -0.385. The van der Waals surface area contributed by atoms with Crippen molar-refractivity contribution in [2.45, 2.75) is 23.7 Å². The fraction of sp³-hybridized carbons (Fsp3) is 0.258. The van der Waals surface area contributed by atoms with Crippen LogP contribution in [0.3, 0.4) is 0 Å². The highest BCUT2D eigenvalue weighted by Crippen LogP contribution is 2.38. The summed E-state index contributed by atoms with van der Waals surface area (Å²) in [6.07, 6.45) is -4.58. The Morgan fingerprint density at radius 3 is 2.05 bits per heavy atom. The number of urea groups is 1. The Balaban J connectivity index is 0.000000347. The summed E-state index contributed by atoms with van der Waals surface area (Å²) in [6, 6.07) is 4.30. The lowest BCUT2D eigenvalue weighted by Crippen LogP contribution is -2.36. The van der Waals surface area contributed by atoms with Gasteiger partial charge in [-0.15, -0.1) is 0 Å². The Hall–Kier alpha value is -6.32. The van der Waals surface area contributed by atoms with Crippen LogP contribution >= 0.6 is 30.6 Å². The third kappa shape index (κ3) is 15.3. The number of nitrogens with zero attached hydrogens (tertiary/aromatic N) is 5. The van der Waals surface area contributed by atoms with E-state index < -0.39 is 91.0 Å². The number of benzene rings is 2. The van der Waals surface area contributed by atoms with E-state index in [4.69, 9.17) is 63.4 Å². The lowest BCUT2D eigenvalue weighted by Gasteiger charge is -2.11. The number of alkyl halides is 3. The van der Waals surface area contributed by atoms with E-state index >= 15 is 0 Å². The Morgan fingerprint density at radius 2 is 1.60 bits per heavy atom. The van der Waals surface area contributed by atoms with E-state index in [1.165, 1.54) is 27.0 Å². The fourth-order valence-corrected chi connectivity index (χ4v) is 6.78. The molecule has 338 valence electrons.